The Kier molecular flexibility index (Phi) is 4.14. The molecular weight excluding hydrogens is 240 g/mol. The lowest BCUT2D eigenvalue weighted by molar-refractivity contribution is 0.564. The SMILES string of the molecule is O=C=Nc1ccc(Cc2ccccc2N=C=O)cc1. The molecule has 0 atom stereocenters. The fourth-order valence-electron chi connectivity index (χ4n) is 1.78. The van der Waals surface area contributed by atoms with E-state index in [-0.39, 0.29) is 0 Å². The van der Waals surface area contributed by atoms with E-state index in [0.29, 0.717) is 17.8 Å². The number of para-hydroxylation sites is 1. The van der Waals surface area contributed by atoms with E-state index >= 15 is 0 Å². The van der Waals surface area contributed by atoms with Gasteiger partial charge in [-0.3, -0.25) is 0 Å². The third kappa shape index (κ3) is 3.33. The van der Waals surface area contributed by atoms with Gasteiger partial charge in [-0.25, -0.2) is 9.59 Å². The zero-order valence-corrected chi connectivity index (χ0v) is 10.0. The van der Waals surface area contributed by atoms with Crippen LogP contribution >= 0.6 is 0 Å². The van der Waals surface area contributed by atoms with Gasteiger partial charge in [-0.1, -0.05) is 30.3 Å². The van der Waals surface area contributed by atoms with Crippen molar-refractivity contribution in [3.8, 4) is 0 Å². The summed E-state index contributed by atoms with van der Waals surface area (Å²) in [5.74, 6) is 0. The molecule has 0 N–H and O–H groups in total. The molecule has 0 aliphatic rings. The fraction of sp³-hybridized carbons (Fsp3) is 0.0667. The highest BCUT2D eigenvalue weighted by Crippen LogP contribution is 2.22. The Morgan fingerprint density at radius 1 is 0.842 bits per heavy atom. The highest BCUT2D eigenvalue weighted by Gasteiger charge is 2.02. The topological polar surface area (TPSA) is 58.9 Å². The number of aliphatic imine (C=N–C) groups is 2. The summed E-state index contributed by atoms with van der Waals surface area (Å²) >= 11 is 0. The van der Waals surface area contributed by atoms with Crippen LogP contribution in [0.2, 0.25) is 0 Å². The molecule has 2 aromatic rings. The van der Waals surface area contributed by atoms with Gasteiger partial charge in [0.15, 0.2) is 0 Å². The molecule has 0 heterocycles. The zero-order chi connectivity index (χ0) is 13.5. The van der Waals surface area contributed by atoms with Gasteiger partial charge in [0.1, 0.15) is 0 Å². The summed E-state index contributed by atoms with van der Waals surface area (Å²) in [6.45, 7) is 0. The minimum atomic E-state index is 0.568. The van der Waals surface area contributed by atoms with E-state index < -0.39 is 0 Å². The minimum absolute atomic E-state index is 0.568. The summed E-state index contributed by atoms with van der Waals surface area (Å²) in [5, 5.41) is 0. The average Bonchev–Trinajstić information content (AvgIpc) is 2.44. The molecule has 0 saturated heterocycles. The normalized spacial score (nSPS) is 9.26. The number of carbonyl (C=O) groups excluding carboxylic acids is 2. The standard InChI is InChI=1S/C15H10N2O2/c18-10-16-14-7-5-12(6-8-14)9-13-3-1-2-4-15(13)17-11-19/h1-8H,9H2. The fourth-order valence-corrected chi connectivity index (χ4v) is 1.78. The molecule has 0 amide bonds. The molecule has 0 radical (unpaired) electrons. The van der Waals surface area contributed by atoms with Crippen molar-refractivity contribution < 1.29 is 9.59 Å². The maximum atomic E-state index is 10.4. The molecule has 19 heavy (non-hydrogen) atoms. The lowest BCUT2D eigenvalue weighted by atomic mass is 10.0. The molecule has 0 unspecified atom stereocenters. The largest absolute Gasteiger partial charge is 0.240 e. The first-order valence-electron chi connectivity index (χ1n) is 5.66. The van der Waals surface area contributed by atoms with E-state index in [1.807, 2.05) is 30.3 Å². The number of nitrogens with zero attached hydrogens (tertiary/aromatic N) is 2. The highest BCUT2D eigenvalue weighted by atomic mass is 16.1. The van der Waals surface area contributed by atoms with E-state index in [4.69, 9.17) is 0 Å². The Balaban J connectivity index is 2.26. The lowest BCUT2D eigenvalue weighted by Crippen LogP contribution is -1.88. The summed E-state index contributed by atoms with van der Waals surface area (Å²) in [6, 6.07) is 14.6. The van der Waals surface area contributed by atoms with Crippen LogP contribution in [0.25, 0.3) is 0 Å². The smallest absolute Gasteiger partial charge is 0.211 e. The van der Waals surface area contributed by atoms with Crippen molar-refractivity contribution in [1.29, 1.82) is 0 Å². The summed E-state index contributed by atoms with van der Waals surface area (Å²) in [6.07, 6.45) is 3.69. The minimum Gasteiger partial charge on any atom is -0.211 e. The average molecular weight is 250 g/mol. The molecule has 4 nitrogen and oxygen atoms in total. The quantitative estimate of drug-likeness (QED) is 0.618. The number of benzene rings is 2. The van der Waals surface area contributed by atoms with Gasteiger partial charge in [-0.05, 0) is 35.7 Å². The van der Waals surface area contributed by atoms with Crippen molar-refractivity contribution in [2.75, 3.05) is 0 Å². The monoisotopic (exact) mass is 250 g/mol. The van der Waals surface area contributed by atoms with Gasteiger partial charge in [0.25, 0.3) is 0 Å². The van der Waals surface area contributed by atoms with Crippen molar-refractivity contribution in [1.82, 2.24) is 0 Å². The zero-order valence-electron chi connectivity index (χ0n) is 10.0. The Morgan fingerprint density at radius 3 is 2.21 bits per heavy atom. The molecule has 0 saturated carbocycles. The maximum Gasteiger partial charge on any atom is 0.240 e. The lowest BCUT2D eigenvalue weighted by Gasteiger charge is -2.04. The molecule has 0 spiro atoms. The van der Waals surface area contributed by atoms with Crippen LogP contribution in [-0.2, 0) is 16.0 Å². The van der Waals surface area contributed by atoms with Crippen LogP contribution in [0.15, 0.2) is 58.5 Å². The predicted octanol–water partition coefficient (Wildman–Crippen LogP) is 3.21. The molecule has 0 bridgehead atoms. The third-order valence-electron chi connectivity index (χ3n) is 2.66. The number of hydrogen-bond acceptors (Lipinski definition) is 4. The van der Waals surface area contributed by atoms with Gasteiger partial charge >= 0.3 is 0 Å². The van der Waals surface area contributed by atoms with Crippen LogP contribution in [0.1, 0.15) is 11.1 Å². The second-order valence-electron chi connectivity index (χ2n) is 3.88. The molecule has 2 rings (SSSR count). The molecule has 4 heteroatoms. The van der Waals surface area contributed by atoms with Crippen molar-refractivity contribution >= 4 is 23.5 Å². The molecule has 92 valence electrons. The second-order valence-corrected chi connectivity index (χ2v) is 3.88. The van der Waals surface area contributed by atoms with Gasteiger partial charge < -0.3 is 0 Å². The van der Waals surface area contributed by atoms with Gasteiger partial charge in [0.05, 0.1) is 11.4 Å². The molecule has 0 aromatic heterocycles. The Bertz CT molecular complexity index is 665. The van der Waals surface area contributed by atoms with Crippen LogP contribution in [0, 0.1) is 0 Å². The van der Waals surface area contributed by atoms with Crippen molar-refractivity contribution in [3.05, 3.63) is 59.7 Å². The second kappa shape index (κ2) is 6.22. The summed E-state index contributed by atoms with van der Waals surface area (Å²) in [4.78, 5) is 27.7. The number of isocyanates is 2. The molecular formula is C15H10N2O2. The van der Waals surface area contributed by atoms with Gasteiger partial charge in [0, 0.05) is 0 Å². The molecule has 2 aromatic carbocycles. The van der Waals surface area contributed by atoms with Gasteiger partial charge in [0.2, 0.25) is 12.2 Å². The number of rotatable bonds is 4. The summed E-state index contributed by atoms with van der Waals surface area (Å²) < 4.78 is 0. The third-order valence-corrected chi connectivity index (χ3v) is 2.66. The van der Waals surface area contributed by atoms with E-state index in [1.54, 1.807) is 24.3 Å². The van der Waals surface area contributed by atoms with Crippen LogP contribution in [0.4, 0.5) is 11.4 Å². The van der Waals surface area contributed by atoms with E-state index in [2.05, 4.69) is 9.98 Å². The molecule has 0 aliphatic carbocycles. The van der Waals surface area contributed by atoms with Crippen LogP contribution < -0.4 is 0 Å². The first-order chi connectivity index (χ1) is 9.33. The Hall–Kier alpha value is -2.80. The number of hydrogen-bond donors (Lipinski definition) is 0. The van der Waals surface area contributed by atoms with Crippen LogP contribution in [0.5, 0.6) is 0 Å². The summed E-state index contributed by atoms with van der Waals surface area (Å²) in [5.41, 5.74) is 3.17. The maximum absolute atomic E-state index is 10.4. The Morgan fingerprint density at radius 2 is 1.53 bits per heavy atom. The first-order valence-corrected chi connectivity index (χ1v) is 5.66. The summed E-state index contributed by atoms with van der Waals surface area (Å²) in [7, 11) is 0. The van der Waals surface area contributed by atoms with E-state index in [9.17, 15) is 9.59 Å². The molecule has 0 fully saturated rings. The Labute approximate surface area is 110 Å². The van der Waals surface area contributed by atoms with Crippen molar-refractivity contribution in [2.24, 2.45) is 9.98 Å². The van der Waals surface area contributed by atoms with E-state index in [0.717, 1.165) is 11.1 Å². The highest BCUT2D eigenvalue weighted by molar-refractivity contribution is 5.55. The first kappa shape index (κ1) is 12.7. The van der Waals surface area contributed by atoms with Gasteiger partial charge in [-0.2, -0.15) is 9.98 Å². The van der Waals surface area contributed by atoms with Gasteiger partial charge in [-0.15, -0.1) is 0 Å². The van der Waals surface area contributed by atoms with Crippen LogP contribution in [-0.4, -0.2) is 12.2 Å². The van der Waals surface area contributed by atoms with Crippen molar-refractivity contribution in [2.45, 2.75) is 6.42 Å². The molecule has 0 aliphatic heterocycles. The predicted molar refractivity (Wildman–Crippen MR) is 71.3 cm³/mol. The van der Waals surface area contributed by atoms with Crippen molar-refractivity contribution in [3.63, 3.8) is 0 Å². The van der Waals surface area contributed by atoms with Crippen LogP contribution in [0.3, 0.4) is 0 Å². The van der Waals surface area contributed by atoms with E-state index in [1.165, 1.54) is 6.08 Å².